The van der Waals surface area contributed by atoms with Gasteiger partial charge in [-0.1, -0.05) is 12.1 Å². The summed E-state index contributed by atoms with van der Waals surface area (Å²) in [4.78, 5) is 0. The number of hydrogen-bond acceptors (Lipinski definition) is 1. The van der Waals surface area contributed by atoms with Crippen LogP contribution in [0.4, 0.5) is 0 Å². The average molecular weight is 279 g/mol. The smallest absolute Gasteiger partial charge is 0.0492 e. The molecule has 0 radical (unpaired) electrons. The number of aryl methyl sites for hydroxylation is 1. The molecule has 0 aliphatic carbocycles. The van der Waals surface area contributed by atoms with Crippen molar-refractivity contribution in [2.45, 2.75) is 18.9 Å². The van der Waals surface area contributed by atoms with Gasteiger partial charge in [-0.25, -0.2) is 0 Å². The van der Waals surface area contributed by atoms with Gasteiger partial charge in [0, 0.05) is 34.7 Å². The number of nitrogens with one attached hydrogen (secondary N) is 1. The quantitative estimate of drug-likeness (QED) is 0.847. The second-order valence-corrected chi connectivity index (χ2v) is 5.37. The summed E-state index contributed by atoms with van der Waals surface area (Å²) >= 11 is 3.59. The standard InChI is InChI=1S/C13H15BrN2/c1-16-8-11(14)10-5-4-9(7-13(10)16)12-3-2-6-15-12/h4-5,7-8,12,15H,2-3,6H2,1H3. The van der Waals surface area contributed by atoms with Gasteiger partial charge in [0.05, 0.1) is 0 Å². The van der Waals surface area contributed by atoms with Gasteiger partial charge >= 0.3 is 0 Å². The lowest BCUT2D eigenvalue weighted by Gasteiger charge is -2.11. The molecule has 1 aromatic heterocycles. The highest BCUT2D eigenvalue weighted by Gasteiger charge is 2.17. The van der Waals surface area contributed by atoms with Crippen LogP contribution >= 0.6 is 15.9 Å². The van der Waals surface area contributed by atoms with Crippen LogP contribution in [0.2, 0.25) is 0 Å². The van der Waals surface area contributed by atoms with Gasteiger partial charge < -0.3 is 9.88 Å². The van der Waals surface area contributed by atoms with E-state index in [1.165, 1.54) is 33.8 Å². The minimum Gasteiger partial charge on any atom is -0.349 e. The van der Waals surface area contributed by atoms with Crippen molar-refractivity contribution in [3.63, 3.8) is 0 Å². The zero-order valence-corrected chi connectivity index (χ0v) is 10.9. The molecular formula is C13H15BrN2. The van der Waals surface area contributed by atoms with E-state index in [0.29, 0.717) is 6.04 Å². The molecule has 1 aromatic carbocycles. The molecule has 0 spiro atoms. The van der Waals surface area contributed by atoms with Crippen LogP contribution in [0.3, 0.4) is 0 Å². The van der Waals surface area contributed by atoms with Gasteiger partial charge in [-0.05, 0) is 46.9 Å². The van der Waals surface area contributed by atoms with E-state index < -0.39 is 0 Å². The highest BCUT2D eigenvalue weighted by atomic mass is 79.9. The number of benzene rings is 1. The summed E-state index contributed by atoms with van der Waals surface area (Å²) in [7, 11) is 2.10. The SMILES string of the molecule is Cn1cc(Br)c2ccc(C3CCCN3)cc21. The van der Waals surface area contributed by atoms with Crippen molar-refractivity contribution in [3.8, 4) is 0 Å². The molecular weight excluding hydrogens is 264 g/mol. The van der Waals surface area contributed by atoms with E-state index in [0.717, 1.165) is 6.54 Å². The first-order valence-electron chi connectivity index (χ1n) is 5.73. The van der Waals surface area contributed by atoms with Gasteiger partial charge in [0.25, 0.3) is 0 Å². The first kappa shape index (κ1) is 10.4. The molecule has 2 heterocycles. The van der Waals surface area contributed by atoms with Gasteiger partial charge in [-0.3, -0.25) is 0 Å². The number of nitrogens with zero attached hydrogens (tertiary/aromatic N) is 1. The number of aromatic nitrogens is 1. The summed E-state index contributed by atoms with van der Waals surface area (Å²) in [6.45, 7) is 1.15. The normalized spacial score (nSPS) is 20.8. The Hall–Kier alpha value is -0.800. The van der Waals surface area contributed by atoms with Crippen molar-refractivity contribution in [3.05, 3.63) is 34.4 Å². The maximum absolute atomic E-state index is 3.59. The fourth-order valence-corrected chi connectivity index (χ4v) is 3.18. The lowest BCUT2D eigenvalue weighted by atomic mass is 10.0. The fourth-order valence-electron chi connectivity index (χ4n) is 2.54. The minimum absolute atomic E-state index is 0.554. The predicted molar refractivity (Wildman–Crippen MR) is 70.6 cm³/mol. The minimum atomic E-state index is 0.554. The molecule has 1 saturated heterocycles. The van der Waals surface area contributed by atoms with Crippen molar-refractivity contribution in [2.75, 3.05) is 6.54 Å². The molecule has 1 fully saturated rings. The first-order chi connectivity index (χ1) is 7.75. The van der Waals surface area contributed by atoms with Gasteiger partial charge in [0.1, 0.15) is 0 Å². The zero-order chi connectivity index (χ0) is 11.1. The summed E-state index contributed by atoms with van der Waals surface area (Å²) in [5.41, 5.74) is 2.72. The van der Waals surface area contributed by atoms with Crippen molar-refractivity contribution < 1.29 is 0 Å². The van der Waals surface area contributed by atoms with Crippen LogP contribution in [-0.2, 0) is 7.05 Å². The Morgan fingerprint density at radius 1 is 1.44 bits per heavy atom. The van der Waals surface area contributed by atoms with Gasteiger partial charge in [-0.15, -0.1) is 0 Å². The number of halogens is 1. The Morgan fingerprint density at radius 3 is 3.06 bits per heavy atom. The third-order valence-corrected chi connectivity index (χ3v) is 4.06. The molecule has 84 valence electrons. The first-order valence-corrected chi connectivity index (χ1v) is 6.53. The summed E-state index contributed by atoms with van der Waals surface area (Å²) in [6, 6.07) is 7.33. The highest BCUT2D eigenvalue weighted by Crippen LogP contribution is 2.30. The van der Waals surface area contributed by atoms with E-state index in [1.807, 2.05) is 0 Å². The Labute approximate surface area is 104 Å². The molecule has 1 aliphatic heterocycles. The molecule has 3 heteroatoms. The maximum atomic E-state index is 3.59. The molecule has 0 amide bonds. The molecule has 2 nitrogen and oxygen atoms in total. The Balaban J connectivity index is 2.11. The zero-order valence-electron chi connectivity index (χ0n) is 9.33. The van der Waals surface area contributed by atoms with Crippen LogP contribution in [-0.4, -0.2) is 11.1 Å². The number of hydrogen-bond donors (Lipinski definition) is 1. The number of rotatable bonds is 1. The van der Waals surface area contributed by atoms with Crippen LogP contribution < -0.4 is 5.32 Å². The molecule has 16 heavy (non-hydrogen) atoms. The van der Waals surface area contributed by atoms with Crippen LogP contribution in [0.25, 0.3) is 10.9 Å². The summed E-state index contributed by atoms with van der Waals surface area (Å²) < 4.78 is 3.36. The van der Waals surface area contributed by atoms with Crippen molar-refractivity contribution in [1.82, 2.24) is 9.88 Å². The van der Waals surface area contributed by atoms with Gasteiger partial charge in [-0.2, -0.15) is 0 Å². The van der Waals surface area contributed by atoms with E-state index in [-0.39, 0.29) is 0 Å². The van der Waals surface area contributed by atoms with Crippen molar-refractivity contribution >= 4 is 26.8 Å². The van der Waals surface area contributed by atoms with Gasteiger partial charge in [0.2, 0.25) is 0 Å². The van der Waals surface area contributed by atoms with Crippen LogP contribution in [0, 0.1) is 0 Å². The lowest BCUT2D eigenvalue weighted by molar-refractivity contribution is 0.648. The second kappa shape index (κ2) is 3.90. The molecule has 0 bridgehead atoms. The third kappa shape index (κ3) is 1.59. The largest absolute Gasteiger partial charge is 0.349 e. The Bertz CT molecular complexity index is 524. The van der Waals surface area contributed by atoms with Crippen LogP contribution in [0.15, 0.2) is 28.9 Å². The van der Waals surface area contributed by atoms with Crippen LogP contribution in [0.5, 0.6) is 0 Å². The van der Waals surface area contributed by atoms with E-state index in [9.17, 15) is 0 Å². The van der Waals surface area contributed by atoms with E-state index in [1.54, 1.807) is 0 Å². The van der Waals surface area contributed by atoms with E-state index in [4.69, 9.17) is 0 Å². The highest BCUT2D eigenvalue weighted by molar-refractivity contribution is 9.10. The molecule has 1 unspecified atom stereocenters. The summed E-state index contributed by atoms with van der Waals surface area (Å²) in [6.07, 6.45) is 4.67. The van der Waals surface area contributed by atoms with E-state index in [2.05, 4.69) is 57.3 Å². The Kier molecular flexibility index (Phi) is 2.52. The topological polar surface area (TPSA) is 17.0 Å². The fraction of sp³-hybridized carbons (Fsp3) is 0.385. The second-order valence-electron chi connectivity index (χ2n) is 4.51. The summed E-state index contributed by atoms with van der Waals surface area (Å²) in [5, 5.41) is 4.84. The molecule has 0 saturated carbocycles. The van der Waals surface area contributed by atoms with Crippen molar-refractivity contribution in [1.29, 1.82) is 0 Å². The molecule has 1 atom stereocenters. The molecule has 2 aromatic rings. The summed E-state index contributed by atoms with van der Waals surface area (Å²) in [5.74, 6) is 0. The maximum Gasteiger partial charge on any atom is 0.0492 e. The third-order valence-electron chi connectivity index (χ3n) is 3.43. The monoisotopic (exact) mass is 278 g/mol. The average Bonchev–Trinajstić information content (AvgIpc) is 2.88. The van der Waals surface area contributed by atoms with E-state index >= 15 is 0 Å². The predicted octanol–water partition coefficient (Wildman–Crippen LogP) is 3.37. The van der Waals surface area contributed by atoms with Crippen LogP contribution in [0.1, 0.15) is 24.4 Å². The number of fused-ring (bicyclic) bond motifs is 1. The molecule has 1 N–H and O–H groups in total. The van der Waals surface area contributed by atoms with Gasteiger partial charge in [0.15, 0.2) is 0 Å². The molecule has 1 aliphatic rings. The Morgan fingerprint density at radius 2 is 2.31 bits per heavy atom. The molecule has 3 rings (SSSR count). The lowest BCUT2D eigenvalue weighted by Crippen LogP contribution is -2.12. The van der Waals surface area contributed by atoms with Crippen molar-refractivity contribution in [2.24, 2.45) is 7.05 Å².